The minimum absolute atomic E-state index is 0.000520. The third-order valence-corrected chi connectivity index (χ3v) is 5.97. The summed E-state index contributed by atoms with van der Waals surface area (Å²) in [4.78, 5) is 25.4. The number of methoxy groups -OCH3 is 1. The lowest BCUT2D eigenvalue weighted by Gasteiger charge is -2.37. The van der Waals surface area contributed by atoms with Gasteiger partial charge in [0.05, 0.1) is 7.11 Å². The van der Waals surface area contributed by atoms with Crippen molar-refractivity contribution < 1.29 is 24.2 Å². The zero-order chi connectivity index (χ0) is 16.6. The van der Waals surface area contributed by atoms with Crippen molar-refractivity contribution in [2.75, 3.05) is 7.11 Å². The molecule has 0 aromatic heterocycles. The topological polar surface area (TPSA) is 72.8 Å². The zero-order valence-corrected chi connectivity index (χ0v) is 13.8. The molecule has 0 radical (unpaired) electrons. The molecule has 2 fully saturated rings. The van der Waals surface area contributed by atoms with Crippen LogP contribution >= 0.6 is 0 Å². The van der Waals surface area contributed by atoms with E-state index in [2.05, 4.69) is 0 Å². The van der Waals surface area contributed by atoms with Crippen LogP contribution < -0.4 is 0 Å². The molecule has 0 unspecified atom stereocenters. The Bertz CT molecular complexity index is 684. The van der Waals surface area contributed by atoms with Gasteiger partial charge >= 0.3 is 0 Å². The number of aliphatic hydroxyl groups is 1. The molecule has 2 bridgehead atoms. The van der Waals surface area contributed by atoms with Gasteiger partial charge in [-0.2, -0.15) is 0 Å². The zero-order valence-electron chi connectivity index (χ0n) is 13.8. The van der Waals surface area contributed by atoms with Crippen LogP contribution in [0.1, 0.15) is 46.0 Å². The molecule has 2 aliphatic carbocycles. The molecular formula is C18H22O5. The number of ether oxygens (including phenoxy) is 2. The van der Waals surface area contributed by atoms with Gasteiger partial charge in [0.25, 0.3) is 0 Å². The summed E-state index contributed by atoms with van der Waals surface area (Å²) in [7, 11) is 1.48. The van der Waals surface area contributed by atoms with Gasteiger partial charge in [-0.3, -0.25) is 9.59 Å². The molecule has 0 aromatic carbocycles. The lowest BCUT2D eigenvalue weighted by Crippen LogP contribution is -2.47. The Labute approximate surface area is 135 Å². The van der Waals surface area contributed by atoms with Crippen LogP contribution in [0, 0.1) is 5.41 Å². The number of fused-ring (bicyclic) bond motifs is 1. The van der Waals surface area contributed by atoms with E-state index in [0.29, 0.717) is 24.0 Å². The van der Waals surface area contributed by atoms with E-state index in [0.717, 1.165) is 18.4 Å². The SMILES string of the molecule is COC1=C2C(C)(C)[C@H]3O[C@@]2(CC3=O)[C@@H](O)C2=C(CCCC2)C1=O. The summed E-state index contributed by atoms with van der Waals surface area (Å²) >= 11 is 0. The van der Waals surface area contributed by atoms with E-state index in [1.54, 1.807) is 0 Å². The third-order valence-electron chi connectivity index (χ3n) is 5.97. The lowest BCUT2D eigenvalue weighted by atomic mass is 9.64. The van der Waals surface area contributed by atoms with Crippen molar-refractivity contribution in [3.8, 4) is 0 Å². The number of hydrogen-bond donors (Lipinski definition) is 1. The molecule has 5 nitrogen and oxygen atoms in total. The highest BCUT2D eigenvalue weighted by Crippen LogP contribution is 2.61. The van der Waals surface area contributed by atoms with Crippen LogP contribution in [0.3, 0.4) is 0 Å². The van der Waals surface area contributed by atoms with E-state index in [1.807, 2.05) is 13.8 Å². The quantitative estimate of drug-likeness (QED) is 0.798. The van der Waals surface area contributed by atoms with Crippen LogP contribution in [-0.2, 0) is 19.1 Å². The molecule has 124 valence electrons. The fourth-order valence-electron chi connectivity index (χ4n) is 5.04. The van der Waals surface area contributed by atoms with Gasteiger partial charge in [0.15, 0.2) is 11.5 Å². The molecule has 5 heteroatoms. The summed E-state index contributed by atoms with van der Waals surface area (Å²) in [6, 6.07) is 0. The predicted octanol–water partition coefficient (Wildman–Crippen LogP) is 1.84. The Morgan fingerprint density at radius 3 is 2.61 bits per heavy atom. The van der Waals surface area contributed by atoms with Crippen LogP contribution in [0.4, 0.5) is 0 Å². The Morgan fingerprint density at radius 2 is 1.91 bits per heavy atom. The molecule has 0 saturated carbocycles. The Hall–Kier alpha value is -1.46. The monoisotopic (exact) mass is 318 g/mol. The summed E-state index contributed by atoms with van der Waals surface area (Å²) in [5, 5.41) is 11.1. The number of aliphatic hydroxyl groups excluding tert-OH is 1. The Kier molecular flexibility index (Phi) is 2.98. The summed E-state index contributed by atoms with van der Waals surface area (Å²) in [6.45, 7) is 3.80. The second-order valence-corrected chi connectivity index (χ2v) is 7.60. The summed E-state index contributed by atoms with van der Waals surface area (Å²) in [6.07, 6.45) is 1.76. The highest BCUT2D eigenvalue weighted by atomic mass is 16.5. The van der Waals surface area contributed by atoms with Gasteiger partial charge in [-0.05, 0) is 31.3 Å². The van der Waals surface area contributed by atoms with Gasteiger partial charge in [-0.15, -0.1) is 0 Å². The number of carbonyl (C=O) groups excluding carboxylic acids is 2. The molecule has 1 spiro atoms. The van der Waals surface area contributed by atoms with Gasteiger partial charge in [-0.1, -0.05) is 13.8 Å². The first-order valence-corrected chi connectivity index (χ1v) is 8.29. The minimum Gasteiger partial charge on any atom is -0.493 e. The van der Waals surface area contributed by atoms with E-state index >= 15 is 0 Å². The first-order chi connectivity index (χ1) is 10.8. The summed E-state index contributed by atoms with van der Waals surface area (Å²) in [5.74, 6) is 0.140. The van der Waals surface area contributed by atoms with Crippen LogP contribution in [0.15, 0.2) is 22.5 Å². The molecule has 4 aliphatic rings. The molecule has 3 atom stereocenters. The minimum atomic E-state index is -1.12. The number of allylic oxidation sites excluding steroid dienone is 1. The second-order valence-electron chi connectivity index (χ2n) is 7.60. The van der Waals surface area contributed by atoms with Gasteiger partial charge in [-0.25, -0.2) is 0 Å². The predicted molar refractivity (Wildman–Crippen MR) is 81.6 cm³/mol. The largest absolute Gasteiger partial charge is 0.493 e. The van der Waals surface area contributed by atoms with E-state index in [4.69, 9.17) is 9.47 Å². The highest BCUT2D eigenvalue weighted by molar-refractivity contribution is 6.10. The molecule has 4 rings (SSSR count). The van der Waals surface area contributed by atoms with E-state index in [9.17, 15) is 14.7 Å². The maximum absolute atomic E-state index is 13.0. The number of hydrogen-bond acceptors (Lipinski definition) is 5. The molecular weight excluding hydrogens is 296 g/mol. The van der Waals surface area contributed by atoms with Crippen molar-refractivity contribution in [3.05, 3.63) is 22.5 Å². The summed E-state index contributed by atoms with van der Waals surface area (Å²) < 4.78 is 11.6. The van der Waals surface area contributed by atoms with Crippen LogP contribution in [0.5, 0.6) is 0 Å². The van der Waals surface area contributed by atoms with Crippen LogP contribution in [-0.4, -0.2) is 41.6 Å². The fraction of sp³-hybridized carbons (Fsp3) is 0.667. The van der Waals surface area contributed by atoms with Gasteiger partial charge in [0.2, 0.25) is 5.78 Å². The average Bonchev–Trinajstić information content (AvgIpc) is 2.96. The molecule has 0 aromatic rings. The Balaban J connectivity index is 2.02. The van der Waals surface area contributed by atoms with E-state index in [-0.39, 0.29) is 23.7 Å². The van der Waals surface area contributed by atoms with Crippen LogP contribution in [0.2, 0.25) is 0 Å². The van der Waals surface area contributed by atoms with E-state index < -0.39 is 23.2 Å². The highest BCUT2D eigenvalue weighted by Gasteiger charge is 2.69. The normalized spacial score (nSPS) is 38.6. The van der Waals surface area contributed by atoms with Crippen molar-refractivity contribution in [2.45, 2.75) is 63.8 Å². The maximum atomic E-state index is 13.0. The number of Topliss-reactive ketones (excluding diaryl/α,β-unsaturated/α-hetero) is 2. The molecule has 23 heavy (non-hydrogen) atoms. The lowest BCUT2D eigenvalue weighted by molar-refractivity contribution is -0.125. The number of ketones is 2. The molecule has 2 heterocycles. The van der Waals surface area contributed by atoms with Crippen molar-refractivity contribution in [2.24, 2.45) is 5.41 Å². The first-order valence-electron chi connectivity index (χ1n) is 8.29. The first kappa shape index (κ1) is 15.1. The molecule has 2 saturated heterocycles. The number of carbonyl (C=O) groups is 2. The molecule has 1 N–H and O–H groups in total. The van der Waals surface area contributed by atoms with E-state index in [1.165, 1.54) is 7.11 Å². The van der Waals surface area contributed by atoms with Gasteiger partial charge < -0.3 is 14.6 Å². The van der Waals surface area contributed by atoms with Crippen molar-refractivity contribution >= 4 is 11.6 Å². The average molecular weight is 318 g/mol. The van der Waals surface area contributed by atoms with Crippen LogP contribution in [0.25, 0.3) is 0 Å². The smallest absolute Gasteiger partial charge is 0.223 e. The summed E-state index contributed by atoms with van der Waals surface area (Å²) in [5.41, 5.74) is 0.306. The van der Waals surface area contributed by atoms with Gasteiger partial charge in [0.1, 0.15) is 17.8 Å². The molecule has 0 amide bonds. The maximum Gasteiger partial charge on any atom is 0.223 e. The standard InChI is InChI=1S/C18H22O5/c1-17(2)14-13(22-3)12(20)9-6-4-5-7-10(9)15(21)18(14)8-11(19)16(17)23-18/h15-16,21H,4-8H2,1-3H3/t15-,16-,18+/m0/s1. The van der Waals surface area contributed by atoms with Crippen molar-refractivity contribution in [3.63, 3.8) is 0 Å². The van der Waals surface area contributed by atoms with Crippen molar-refractivity contribution in [1.82, 2.24) is 0 Å². The fourth-order valence-corrected chi connectivity index (χ4v) is 5.04. The number of rotatable bonds is 1. The Morgan fingerprint density at radius 1 is 1.22 bits per heavy atom. The molecule has 2 aliphatic heterocycles. The van der Waals surface area contributed by atoms with Crippen molar-refractivity contribution in [1.29, 1.82) is 0 Å². The third kappa shape index (κ3) is 1.64. The van der Waals surface area contributed by atoms with Gasteiger partial charge in [0, 0.05) is 23.0 Å². The second kappa shape index (κ2) is 4.54.